The Hall–Kier alpha value is -1.82. The summed E-state index contributed by atoms with van der Waals surface area (Å²) in [4.78, 5) is 9.46. The van der Waals surface area contributed by atoms with Crippen LogP contribution in [0.15, 0.2) is 24.3 Å². The third-order valence-corrected chi connectivity index (χ3v) is 2.78. The number of aromatic nitrogens is 2. The zero-order valence-electron chi connectivity index (χ0n) is 11.6. The molecule has 4 nitrogen and oxygen atoms in total. The smallest absolute Gasteiger partial charge is 0.297 e. The van der Waals surface area contributed by atoms with Gasteiger partial charge in [0.15, 0.2) is 5.82 Å². The predicted molar refractivity (Wildman–Crippen MR) is 74.1 cm³/mol. The van der Waals surface area contributed by atoms with Crippen molar-refractivity contribution in [2.75, 3.05) is 18.5 Å². The van der Waals surface area contributed by atoms with E-state index in [1.54, 1.807) is 50.1 Å². The molecule has 0 saturated carbocycles. The first kappa shape index (κ1) is 14.6. The molecule has 0 spiro atoms. The van der Waals surface area contributed by atoms with Gasteiger partial charge < -0.3 is 10.0 Å². The maximum atomic E-state index is 12.9. The van der Waals surface area contributed by atoms with Crippen molar-refractivity contribution in [2.45, 2.75) is 25.9 Å². The molecule has 0 atom stereocenters. The molecule has 0 aliphatic heterocycles. The second kappa shape index (κ2) is 5.28. The standard InChI is InChI=1S/C14H17F2N3O/c1-14(2,20)8-19(3)13-9-6-4-5-7-10(9)17-12(18-13)11(15)16/h4-7,11,20H,8H2,1-3H3. The summed E-state index contributed by atoms with van der Waals surface area (Å²) in [5.41, 5.74) is -0.485. The molecule has 0 radical (unpaired) electrons. The van der Waals surface area contributed by atoms with Crippen molar-refractivity contribution < 1.29 is 13.9 Å². The third-order valence-electron chi connectivity index (χ3n) is 2.78. The largest absolute Gasteiger partial charge is 0.389 e. The topological polar surface area (TPSA) is 49.2 Å². The lowest BCUT2D eigenvalue weighted by molar-refractivity contribution is 0.0884. The average Bonchev–Trinajstić information content (AvgIpc) is 2.35. The summed E-state index contributed by atoms with van der Waals surface area (Å²) in [6, 6.07) is 6.99. The van der Waals surface area contributed by atoms with Gasteiger partial charge in [-0.1, -0.05) is 12.1 Å². The maximum Gasteiger partial charge on any atom is 0.297 e. The maximum absolute atomic E-state index is 12.9. The Balaban J connectivity index is 2.55. The van der Waals surface area contributed by atoms with Crippen LogP contribution in [0.3, 0.4) is 0 Å². The molecular formula is C14H17F2N3O. The first-order valence-corrected chi connectivity index (χ1v) is 6.26. The Bertz CT molecular complexity index is 611. The molecule has 2 aromatic rings. The molecule has 1 aromatic carbocycles. The number of benzene rings is 1. The van der Waals surface area contributed by atoms with Crippen LogP contribution in [0.4, 0.5) is 14.6 Å². The fraction of sp³-hybridized carbons (Fsp3) is 0.429. The van der Waals surface area contributed by atoms with Crippen LogP contribution in [0.1, 0.15) is 26.1 Å². The van der Waals surface area contributed by atoms with Crippen LogP contribution in [-0.2, 0) is 0 Å². The van der Waals surface area contributed by atoms with E-state index in [0.717, 1.165) is 0 Å². The zero-order chi connectivity index (χ0) is 14.9. The fourth-order valence-corrected chi connectivity index (χ4v) is 2.12. The van der Waals surface area contributed by atoms with Gasteiger partial charge in [-0.25, -0.2) is 18.7 Å². The summed E-state index contributed by atoms with van der Waals surface area (Å²) in [5.74, 6) is -0.102. The van der Waals surface area contributed by atoms with E-state index in [4.69, 9.17) is 0 Å². The first-order chi connectivity index (χ1) is 9.28. The molecule has 1 heterocycles. The van der Waals surface area contributed by atoms with Crippen LogP contribution in [0, 0.1) is 0 Å². The molecule has 108 valence electrons. The highest BCUT2D eigenvalue weighted by atomic mass is 19.3. The van der Waals surface area contributed by atoms with Gasteiger partial charge in [0.25, 0.3) is 6.43 Å². The minimum Gasteiger partial charge on any atom is -0.389 e. The highest BCUT2D eigenvalue weighted by molar-refractivity contribution is 5.89. The van der Waals surface area contributed by atoms with Gasteiger partial charge in [0, 0.05) is 19.0 Å². The summed E-state index contributed by atoms with van der Waals surface area (Å²) >= 11 is 0. The first-order valence-electron chi connectivity index (χ1n) is 6.26. The van der Waals surface area contributed by atoms with Crippen LogP contribution in [0.2, 0.25) is 0 Å². The van der Waals surface area contributed by atoms with Gasteiger partial charge in [-0.3, -0.25) is 0 Å². The zero-order valence-corrected chi connectivity index (χ0v) is 11.6. The summed E-state index contributed by atoms with van der Waals surface area (Å²) in [6.07, 6.45) is -2.73. The molecule has 0 saturated heterocycles. The van der Waals surface area contributed by atoms with Crippen LogP contribution >= 0.6 is 0 Å². The third kappa shape index (κ3) is 3.19. The van der Waals surface area contributed by atoms with E-state index in [1.165, 1.54) is 0 Å². The van der Waals surface area contributed by atoms with Crippen molar-refractivity contribution in [3.8, 4) is 0 Å². The molecule has 2 rings (SSSR count). The normalized spacial score (nSPS) is 12.2. The Morgan fingerprint density at radius 1 is 1.25 bits per heavy atom. The summed E-state index contributed by atoms with van der Waals surface area (Å²) in [5, 5.41) is 10.6. The Morgan fingerprint density at radius 2 is 1.90 bits per heavy atom. The van der Waals surface area contributed by atoms with Gasteiger partial charge in [-0.05, 0) is 26.0 Å². The number of likely N-dealkylation sites (N-methyl/N-ethyl adjacent to an activating group) is 1. The molecule has 6 heteroatoms. The van der Waals surface area contributed by atoms with Gasteiger partial charge >= 0.3 is 0 Å². The van der Waals surface area contributed by atoms with Crippen LogP contribution in [0.25, 0.3) is 10.9 Å². The second-order valence-electron chi connectivity index (χ2n) is 5.39. The van der Waals surface area contributed by atoms with Crippen molar-refractivity contribution in [1.82, 2.24) is 9.97 Å². The molecule has 1 aromatic heterocycles. The predicted octanol–water partition coefficient (Wildman–Crippen LogP) is 2.77. The van der Waals surface area contributed by atoms with E-state index in [-0.39, 0.29) is 6.54 Å². The fourth-order valence-electron chi connectivity index (χ4n) is 2.12. The number of anilines is 1. The quantitative estimate of drug-likeness (QED) is 0.936. The van der Waals surface area contributed by atoms with Crippen molar-refractivity contribution in [3.05, 3.63) is 30.1 Å². The highest BCUT2D eigenvalue weighted by Gasteiger charge is 2.21. The summed E-state index contributed by atoms with van der Waals surface area (Å²) in [6.45, 7) is 3.58. The van der Waals surface area contributed by atoms with Gasteiger partial charge in [0.1, 0.15) is 5.82 Å². The lowest BCUT2D eigenvalue weighted by Gasteiger charge is -2.27. The van der Waals surface area contributed by atoms with E-state index in [0.29, 0.717) is 16.7 Å². The second-order valence-corrected chi connectivity index (χ2v) is 5.39. The minimum atomic E-state index is -2.73. The van der Waals surface area contributed by atoms with Crippen LogP contribution < -0.4 is 4.90 Å². The van der Waals surface area contributed by atoms with Gasteiger partial charge in [0.05, 0.1) is 11.1 Å². The number of aliphatic hydroxyl groups is 1. The number of halogens is 2. The molecule has 0 aliphatic rings. The van der Waals surface area contributed by atoms with Crippen molar-refractivity contribution >= 4 is 16.7 Å². The van der Waals surface area contributed by atoms with Crippen LogP contribution in [0.5, 0.6) is 0 Å². The number of fused-ring (bicyclic) bond motifs is 1. The lowest BCUT2D eigenvalue weighted by atomic mass is 10.1. The molecule has 0 amide bonds. The summed E-state index contributed by atoms with van der Waals surface area (Å²) in [7, 11) is 1.71. The number of rotatable bonds is 4. The number of hydrogen-bond donors (Lipinski definition) is 1. The molecule has 1 N–H and O–H groups in total. The van der Waals surface area contributed by atoms with E-state index < -0.39 is 17.9 Å². The van der Waals surface area contributed by atoms with Crippen molar-refractivity contribution in [2.24, 2.45) is 0 Å². The monoisotopic (exact) mass is 281 g/mol. The van der Waals surface area contributed by atoms with E-state index in [1.807, 2.05) is 0 Å². The molecule has 20 heavy (non-hydrogen) atoms. The van der Waals surface area contributed by atoms with E-state index in [2.05, 4.69) is 9.97 Å². The van der Waals surface area contributed by atoms with Crippen molar-refractivity contribution in [3.63, 3.8) is 0 Å². The Morgan fingerprint density at radius 3 is 2.50 bits per heavy atom. The summed E-state index contributed by atoms with van der Waals surface area (Å²) < 4.78 is 25.8. The van der Waals surface area contributed by atoms with Gasteiger partial charge in [-0.15, -0.1) is 0 Å². The SMILES string of the molecule is CN(CC(C)(C)O)c1nc(C(F)F)nc2ccccc12. The number of nitrogens with zero attached hydrogens (tertiary/aromatic N) is 3. The average molecular weight is 281 g/mol. The minimum absolute atomic E-state index is 0.274. The number of alkyl halides is 2. The molecule has 0 fully saturated rings. The van der Waals surface area contributed by atoms with E-state index >= 15 is 0 Å². The Kier molecular flexibility index (Phi) is 3.85. The van der Waals surface area contributed by atoms with Crippen molar-refractivity contribution in [1.29, 1.82) is 0 Å². The molecular weight excluding hydrogens is 264 g/mol. The highest BCUT2D eigenvalue weighted by Crippen LogP contribution is 2.27. The number of hydrogen-bond acceptors (Lipinski definition) is 4. The molecule has 0 bridgehead atoms. The molecule has 0 aliphatic carbocycles. The number of para-hydroxylation sites is 1. The van der Waals surface area contributed by atoms with E-state index in [9.17, 15) is 13.9 Å². The lowest BCUT2D eigenvalue weighted by Crippen LogP contribution is -2.36. The van der Waals surface area contributed by atoms with Crippen LogP contribution in [-0.4, -0.2) is 34.3 Å². The Labute approximate surface area is 116 Å². The van der Waals surface area contributed by atoms with Gasteiger partial charge in [0.2, 0.25) is 0 Å². The van der Waals surface area contributed by atoms with Gasteiger partial charge in [-0.2, -0.15) is 0 Å². The molecule has 0 unspecified atom stereocenters.